The minimum absolute atomic E-state index is 0.0366. The lowest BCUT2D eigenvalue weighted by atomic mass is 9.78. The number of methoxy groups -OCH3 is 1. The molecule has 0 unspecified atom stereocenters. The van der Waals surface area contributed by atoms with Gasteiger partial charge >= 0.3 is 12.1 Å². The molecule has 7 nitrogen and oxygen atoms in total. The number of amides is 3. The average Bonchev–Trinajstić information content (AvgIpc) is 2.89. The van der Waals surface area contributed by atoms with Gasteiger partial charge in [-0.2, -0.15) is 0 Å². The van der Waals surface area contributed by atoms with Gasteiger partial charge in [0.2, 0.25) is 0 Å². The molecule has 2 aliphatic rings. The van der Waals surface area contributed by atoms with E-state index in [1.807, 2.05) is 4.90 Å². The van der Waals surface area contributed by atoms with Crippen LogP contribution in [0, 0.1) is 11.8 Å². The first kappa shape index (κ1) is 28.3. The van der Waals surface area contributed by atoms with Crippen LogP contribution >= 0.6 is 0 Å². The normalized spacial score (nSPS) is 20.5. The van der Waals surface area contributed by atoms with Crippen LogP contribution in [-0.4, -0.2) is 73.5 Å². The number of nitrogens with one attached hydrogen (secondary N) is 1. The first-order chi connectivity index (χ1) is 17.5. The summed E-state index contributed by atoms with van der Waals surface area (Å²) in [6.07, 6.45) is 11.4. The van der Waals surface area contributed by atoms with Gasteiger partial charge in [0.15, 0.2) is 0 Å². The molecule has 2 fully saturated rings. The number of unbranched alkanes of at least 4 members (excludes halogenated alkanes) is 1. The van der Waals surface area contributed by atoms with E-state index in [1.165, 1.54) is 42.6 Å². The van der Waals surface area contributed by atoms with Crippen LogP contribution in [0.5, 0.6) is 0 Å². The SMILES string of the molecule is COCCCC[C@@H](c1ccccc1)[C@@H]1CCCN(C(=O)N[C@H](CC2CCCCC2)CN(C)C(=O)O)C1. The summed E-state index contributed by atoms with van der Waals surface area (Å²) in [6, 6.07) is 10.5. The van der Waals surface area contributed by atoms with E-state index in [9.17, 15) is 14.7 Å². The Labute approximate surface area is 217 Å². The molecule has 0 bridgehead atoms. The molecule has 202 valence electrons. The second kappa shape index (κ2) is 15.1. The van der Waals surface area contributed by atoms with Crippen LogP contribution in [-0.2, 0) is 4.74 Å². The number of benzene rings is 1. The molecule has 7 heteroatoms. The molecule has 1 aliphatic carbocycles. The highest BCUT2D eigenvalue weighted by Gasteiger charge is 2.31. The van der Waals surface area contributed by atoms with E-state index >= 15 is 0 Å². The minimum Gasteiger partial charge on any atom is -0.465 e. The molecule has 1 aromatic rings. The number of ether oxygens (including phenoxy) is 1. The second-order valence-electron chi connectivity index (χ2n) is 10.9. The molecular formula is C29H47N3O4. The Bertz CT molecular complexity index is 784. The molecule has 0 radical (unpaired) electrons. The molecule has 1 saturated carbocycles. The van der Waals surface area contributed by atoms with E-state index in [-0.39, 0.29) is 12.1 Å². The van der Waals surface area contributed by atoms with Crippen molar-refractivity contribution in [1.29, 1.82) is 0 Å². The predicted molar refractivity (Wildman–Crippen MR) is 143 cm³/mol. The maximum absolute atomic E-state index is 13.4. The number of hydrogen-bond donors (Lipinski definition) is 2. The van der Waals surface area contributed by atoms with E-state index in [0.717, 1.165) is 58.2 Å². The van der Waals surface area contributed by atoms with Gasteiger partial charge in [0.25, 0.3) is 0 Å². The van der Waals surface area contributed by atoms with Crippen molar-refractivity contribution in [1.82, 2.24) is 15.1 Å². The Morgan fingerprint density at radius 3 is 2.56 bits per heavy atom. The highest BCUT2D eigenvalue weighted by molar-refractivity contribution is 5.75. The van der Waals surface area contributed by atoms with Gasteiger partial charge in [-0.25, -0.2) is 9.59 Å². The van der Waals surface area contributed by atoms with E-state index in [4.69, 9.17) is 4.74 Å². The highest BCUT2D eigenvalue weighted by Crippen LogP contribution is 2.36. The van der Waals surface area contributed by atoms with E-state index in [2.05, 4.69) is 35.6 Å². The Morgan fingerprint density at radius 1 is 1.11 bits per heavy atom. The number of urea groups is 1. The van der Waals surface area contributed by atoms with Gasteiger partial charge in [0.1, 0.15) is 0 Å². The monoisotopic (exact) mass is 501 g/mol. The highest BCUT2D eigenvalue weighted by atomic mass is 16.5. The van der Waals surface area contributed by atoms with Crippen molar-refractivity contribution in [3.63, 3.8) is 0 Å². The quantitative estimate of drug-likeness (QED) is 0.346. The van der Waals surface area contributed by atoms with Crippen LogP contribution in [0.1, 0.15) is 82.1 Å². The van der Waals surface area contributed by atoms with Crippen molar-refractivity contribution in [2.24, 2.45) is 11.8 Å². The zero-order valence-electron chi connectivity index (χ0n) is 22.4. The standard InChI is InChI=1S/C29H47N3O4/c1-31(29(34)35)22-26(20-23-12-5-3-6-13-23)30-28(33)32-18-11-16-25(21-32)27(17-9-10-19-36-2)24-14-7-4-8-15-24/h4,7-8,14-15,23,25-27H,3,5-6,9-13,16-22H2,1-2H3,(H,30,33)(H,34,35)/t25-,26-,27+/m1/s1. The summed E-state index contributed by atoms with van der Waals surface area (Å²) in [5.41, 5.74) is 1.36. The third-order valence-electron chi connectivity index (χ3n) is 8.15. The molecular weight excluding hydrogens is 454 g/mol. The fourth-order valence-electron chi connectivity index (χ4n) is 6.19. The van der Waals surface area contributed by atoms with Gasteiger partial charge in [-0.05, 0) is 55.4 Å². The predicted octanol–water partition coefficient (Wildman–Crippen LogP) is 5.96. The smallest absolute Gasteiger partial charge is 0.407 e. The summed E-state index contributed by atoms with van der Waals surface area (Å²) in [6.45, 7) is 2.63. The Kier molecular flexibility index (Phi) is 11.9. The number of hydrogen-bond acceptors (Lipinski definition) is 3. The van der Waals surface area contributed by atoms with Gasteiger partial charge in [0.05, 0.1) is 0 Å². The largest absolute Gasteiger partial charge is 0.465 e. The number of piperidine rings is 1. The average molecular weight is 502 g/mol. The van der Waals surface area contributed by atoms with Crippen molar-refractivity contribution in [2.75, 3.05) is 40.4 Å². The summed E-state index contributed by atoms with van der Waals surface area (Å²) in [5.74, 6) is 1.41. The lowest BCUT2D eigenvalue weighted by Gasteiger charge is -2.38. The Morgan fingerprint density at radius 2 is 1.86 bits per heavy atom. The fraction of sp³-hybridized carbons (Fsp3) is 0.724. The molecule has 0 aromatic heterocycles. The number of carbonyl (C=O) groups excluding carboxylic acids is 1. The molecule has 0 spiro atoms. The molecule has 3 rings (SSSR count). The topological polar surface area (TPSA) is 82.1 Å². The van der Waals surface area contributed by atoms with Crippen LogP contribution < -0.4 is 5.32 Å². The third kappa shape index (κ3) is 8.99. The molecule has 1 heterocycles. The van der Waals surface area contributed by atoms with Gasteiger partial charge < -0.3 is 25.0 Å². The van der Waals surface area contributed by atoms with Gasteiger partial charge in [-0.3, -0.25) is 0 Å². The molecule has 3 amide bonds. The van der Waals surface area contributed by atoms with Crippen LogP contribution in [0.2, 0.25) is 0 Å². The Balaban J connectivity index is 1.64. The number of likely N-dealkylation sites (N-methyl/N-ethyl adjacent to an activating group) is 1. The lowest BCUT2D eigenvalue weighted by Crippen LogP contribution is -2.52. The first-order valence-electron chi connectivity index (χ1n) is 14.0. The van der Waals surface area contributed by atoms with Crippen molar-refractivity contribution in [2.45, 2.75) is 82.6 Å². The fourth-order valence-corrected chi connectivity index (χ4v) is 6.19. The van der Waals surface area contributed by atoms with Gasteiger partial charge in [-0.15, -0.1) is 0 Å². The van der Waals surface area contributed by atoms with Crippen LogP contribution in [0.15, 0.2) is 30.3 Å². The Hall–Kier alpha value is -2.28. The number of carbonyl (C=O) groups is 2. The van der Waals surface area contributed by atoms with E-state index in [1.54, 1.807) is 14.2 Å². The van der Waals surface area contributed by atoms with Gasteiger partial charge in [-0.1, -0.05) is 68.9 Å². The summed E-state index contributed by atoms with van der Waals surface area (Å²) < 4.78 is 5.26. The molecule has 36 heavy (non-hydrogen) atoms. The van der Waals surface area contributed by atoms with Crippen molar-refractivity contribution in [3.8, 4) is 0 Å². The lowest BCUT2D eigenvalue weighted by molar-refractivity contribution is 0.135. The summed E-state index contributed by atoms with van der Waals surface area (Å²) in [7, 11) is 3.34. The molecule has 1 saturated heterocycles. The van der Waals surface area contributed by atoms with Crippen molar-refractivity contribution < 1.29 is 19.4 Å². The van der Waals surface area contributed by atoms with Crippen LogP contribution in [0.3, 0.4) is 0 Å². The molecule has 1 aliphatic heterocycles. The first-order valence-corrected chi connectivity index (χ1v) is 14.0. The second-order valence-corrected chi connectivity index (χ2v) is 10.9. The number of carboxylic acid groups (broad SMARTS) is 1. The van der Waals surface area contributed by atoms with Gasteiger partial charge in [0, 0.05) is 46.4 Å². The summed E-state index contributed by atoms with van der Waals surface area (Å²) in [5, 5.41) is 12.7. The number of likely N-dealkylation sites (tertiary alicyclic amines) is 1. The van der Waals surface area contributed by atoms with Crippen molar-refractivity contribution in [3.05, 3.63) is 35.9 Å². The maximum Gasteiger partial charge on any atom is 0.407 e. The minimum atomic E-state index is -0.949. The summed E-state index contributed by atoms with van der Waals surface area (Å²) >= 11 is 0. The van der Waals surface area contributed by atoms with E-state index < -0.39 is 6.09 Å². The zero-order valence-corrected chi connectivity index (χ0v) is 22.4. The van der Waals surface area contributed by atoms with Crippen LogP contribution in [0.4, 0.5) is 9.59 Å². The van der Waals surface area contributed by atoms with Crippen molar-refractivity contribution >= 4 is 12.1 Å². The van der Waals surface area contributed by atoms with Crippen LogP contribution in [0.25, 0.3) is 0 Å². The molecule has 3 atom stereocenters. The zero-order chi connectivity index (χ0) is 25.8. The number of nitrogens with zero attached hydrogens (tertiary/aromatic N) is 2. The number of rotatable bonds is 12. The maximum atomic E-state index is 13.4. The van der Waals surface area contributed by atoms with E-state index in [0.29, 0.717) is 24.3 Å². The third-order valence-corrected chi connectivity index (χ3v) is 8.15. The molecule has 1 aromatic carbocycles. The molecule has 2 N–H and O–H groups in total. The summed E-state index contributed by atoms with van der Waals surface area (Å²) in [4.78, 5) is 28.2.